The molecule has 0 aliphatic heterocycles. The minimum absolute atomic E-state index is 0.00588. The Bertz CT molecular complexity index is 557. The van der Waals surface area contributed by atoms with E-state index in [1.807, 2.05) is 0 Å². The van der Waals surface area contributed by atoms with Crippen LogP contribution in [0.2, 0.25) is 0 Å². The van der Waals surface area contributed by atoms with Gasteiger partial charge in [0.2, 0.25) is 0 Å². The smallest absolute Gasteiger partial charge is 0.342 e. The number of aromatic nitrogens is 1. The molecule has 1 N–H and O–H groups in total. The average Bonchev–Trinajstić information content (AvgIpc) is 2.37. The summed E-state index contributed by atoms with van der Waals surface area (Å²) >= 11 is 0. The lowest BCUT2D eigenvalue weighted by Gasteiger charge is -2.09. The fourth-order valence-corrected chi connectivity index (χ4v) is 1.48. The highest BCUT2D eigenvalue weighted by Crippen LogP contribution is 2.22. The van der Waals surface area contributed by atoms with Gasteiger partial charge in [0.15, 0.2) is 0 Å². The Morgan fingerprint density at radius 1 is 1.33 bits per heavy atom. The number of hydrogen-bond donors (Lipinski definition) is 1. The van der Waals surface area contributed by atoms with Gasteiger partial charge < -0.3 is 9.84 Å². The van der Waals surface area contributed by atoms with Gasteiger partial charge in [-0.15, -0.1) is 0 Å². The summed E-state index contributed by atoms with van der Waals surface area (Å²) < 4.78 is 18.7. The van der Waals surface area contributed by atoms with E-state index in [9.17, 15) is 9.18 Å². The molecule has 2 rings (SSSR count). The molecule has 2 aromatic rings. The van der Waals surface area contributed by atoms with Gasteiger partial charge in [-0.2, -0.15) is 0 Å². The zero-order valence-corrected chi connectivity index (χ0v) is 9.34. The molecule has 0 aliphatic carbocycles. The zero-order valence-electron chi connectivity index (χ0n) is 9.34. The van der Waals surface area contributed by atoms with E-state index < -0.39 is 17.3 Å². The Balaban J connectivity index is 2.20. The van der Waals surface area contributed by atoms with Crippen LogP contribution in [0.4, 0.5) is 4.39 Å². The molecule has 18 heavy (non-hydrogen) atoms. The van der Waals surface area contributed by atoms with Crippen LogP contribution in [-0.2, 0) is 6.61 Å². The van der Waals surface area contributed by atoms with Crippen LogP contribution in [0.15, 0.2) is 42.7 Å². The van der Waals surface area contributed by atoms with Crippen molar-refractivity contribution in [1.29, 1.82) is 0 Å². The number of aromatic carboxylic acids is 1. The van der Waals surface area contributed by atoms with Crippen molar-refractivity contribution in [2.45, 2.75) is 6.61 Å². The summed E-state index contributed by atoms with van der Waals surface area (Å²) in [5.74, 6) is -2.16. The normalized spacial score (nSPS) is 10.1. The minimum Gasteiger partial charge on any atom is -0.488 e. The molecule has 5 heteroatoms. The van der Waals surface area contributed by atoms with E-state index in [1.54, 1.807) is 24.5 Å². The first-order valence-electron chi connectivity index (χ1n) is 5.22. The van der Waals surface area contributed by atoms with E-state index in [-0.39, 0.29) is 12.4 Å². The van der Waals surface area contributed by atoms with Gasteiger partial charge in [-0.3, -0.25) is 4.98 Å². The molecular weight excluding hydrogens is 237 g/mol. The van der Waals surface area contributed by atoms with Gasteiger partial charge in [0.1, 0.15) is 23.7 Å². The molecule has 0 bridgehead atoms. The third-order valence-electron chi connectivity index (χ3n) is 2.31. The second kappa shape index (κ2) is 5.27. The number of carboxylic acid groups (broad SMARTS) is 1. The SMILES string of the molecule is O=C(O)c1c(F)cccc1OCc1cccnc1. The first kappa shape index (κ1) is 12.0. The first-order valence-corrected chi connectivity index (χ1v) is 5.22. The van der Waals surface area contributed by atoms with Crippen molar-refractivity contribution in [3.8, 4) is 5.75 Å². The van der Waals surface area contributed by atoms with Crippen LogP contribution >= 0.6 is 0 Å². The summed E-state index contributed by atoms with van der Waals surface area (Å²) in [6.07, 6.45) is 3.22. The van der Waals surface area contributed by atoms with Crippen LogP contribution in [0.25, 0.3) is 0 Å². The quantitative estimate of drug-likeness (QED) is 0.901. The molecule has 0 atom stereocenters. The van der Waals surface area contributed by atoms with Crippen molar-refractivity contribution in [3.05, 3.63) is 59.7 Å². The Morgan fingerprint density at radius 2 is 2.17 bits per heavy atom. The molecule has 0 spiro atoms. The molecule has 0 unspecified atom stereocenters. The Labute approximate surface area is 103 Å². The molecule has 1 aromatic carbocycles. The monoisotopic (exact) mass is 247 g/mol. The summed E-state index contributed by atoms with van der Waals surface area (Å²) in [5, 5.41) is 8.91. The summed E-state index contributed by atoms with van der Waals surface area (Å²) in [7, 11) is 0. The number of carboxylic acids is 1. The first-order chi connectivity index (χ1) is 8.68. The molecule has 0 aliphatic rings. The summed E-state index contributed by atoms with van der Waals surface area (Å²) in [6.45, 7) is 0.136. The largest absolute Gasteiger partial charge is 0.488 e. The molecule has 4 nitrogen and oxygen atoms in total. The van der Waals surface area contributed by atoms with E-state index in [0.29, 0.717) is 0 Å². The number of benzene rings is 1. The van der Waals surface area contributed by atoms with E-state index >= 15 is 0 Å². The maximum atomic E-state index is 13.4. The van der Waals surface area contributed by atoms with Crippen LogP contribution in [0.1, 0.15) is 15.9 Å². The molecule has 92 valence electrons. The van der Waals surface area contributed by atoms with E-state index in [4.69, 9.17) is 9.84 Å². The molecule has 0 amide bonds. The van der Waals surface area contributed by atoms with Crippen LogP contribution in [0.3, 0.4) is 0 Å². The highest BCUT2D eigenvalue weighted by atomic mass is 19.1. The Hall–Kier alpha value is -2.43. The van der Waals surface area contributed by atoms with Crippen LogP contribution < -0.4 is 4.74 Å². The molecule has 1 aromatic heterocycles. The maximum Gasteiger partial charge on any atom is 0.342 e. The summed E-state index contributed by atoms with van der Waals surface area (Å²) in [4.78, 5) is 14.8. The lowest BCUT2D eigenvalue weighted by molar-refractivity contribution is 0.0686. The summed E-state index contributed by atoms with van der Waals surface area (Å²) in [5.41, 5.74) is 0.319. The molecule has 0 saturated heterocycles. The van der Waals surface area contributed by atoms with Gasteiger partial charge in [-0.1, -0.05) is 12.1 Å². The summed E-state index contributed by atoms with van der Waals surface area (Å²) in [6, 6.07) is 7.43. The Morgan fingerprint density at radius 3 is 2.83 bits per heavy atom. The number of carbonyl (C=O) groups is 1. The van der Waals surface area contributed by atoms with Gasteiger partial charge in [0, 0.05) is 18.0 Å². The number of pyridine rings is 1. The second-order valence-electron chi connectivity index (χ2n) is 3.57. The number of halogens is 1. The van der Waals surface area contributed by atoms with Crippen molar-refractivity contribution >= 4 is 5.97 Å². The number of nitrogens with zero attached hydrogens (tertiary/aromatic N) is 1. The highest BCUT2D eigenvalue weighted by Gasteiger charge is 2.16. The number of ether oxygens (including phenoxy) is 1. The van der Waals surface area contributed by atoms with Crippen molar-refractivity contribution in [2.75, 3.05) is 0 Å². The topological polar surface area (TPSA) is 59.4 Å². The fraction of sp³-hybridized carbons (Fsp3) is 0.0769. The van der Waals surface area contributed by atoms with Crippen LogP contribution in [0, 0.1) is 5.82 Å². The van der Waals surface area contributed by atoms with Crippen molar-refractivity contribution in [2.24, 2.45) is 0 Å². The predicted octanol–water partition coefficient (Wildman–Crippen LogP) is 2.50. The molecule has 1 heterocycles. The zero-order chi connectivity index (χ0) is 13.0. The average molecular weight is 247 g/mol. The van der Waals surface area contributed by atoms with Gasteiger partial charge in [0.25, 0.3) is 0 Å². The third-order valence-corrected chi connectivity index (χ3v) is 2.31. The van der Waals surface area contributed by atoms with Gasteiger partial charge >= 0.3 is 5.97 Å². The van der Waals surface area contributed by atoms with Crippen molar-refractivity contribution < 1.29 is 19.0 Å². The lowest BCUT2D eigenvalue weighted by atomic mass is 10.2. The Kier molecular flexibility index (Phi) is 3.52. The molecule has 0 fully saturated rings. The third kappa shape index (κ3) is 2.63. The van der Waals surface area contributed by atoms with Crippen molar-refractivity contribution in [1.82, 2.24) is 4.98 Å². The molecule has 0 radical (unpaired) electrons. The van der Waals surface area contributed by atoms with Crippen molar-refractivity contribution in [3.63, 3.8) is 0 Å². The highest BCUT2D eigenvalue weighted by molar-refractivity contribution is 5.91. The van der Waals surface area contributed by atoms with E-state index in [2.05, 4.69) is 4.98 Å². The maximum absolute atomic E-state index is 13.4. The second-order valence-corrected chi connectivity index (χ2v) is 3.57. The predicted molar refractivity (Wildman–Crippen MR) is 61.9 cm³/mol. The van der Waals surface area contributed by atoms with Crippen LogP contribution in [0.5, 0.6) is 5.75 Å². The van der Waals surface area contributed by atoms with E-state index in [1.165, 1.54) is 12.1 Å². The minimum atomic E-state index is -1.35. The van der Waals surface area contributed by atoms with Gasteiger partial charge in [-0.25, -0.2) is 9.18 Å². The molecule has 0 saturated carbocycles. The van der Waals surface area contributed by atoms with Crippen LogP contribution in [-0.4, -0.2) is 16.1 Å². The number of rotatable bonds is 4. The van der Waals surface area contributed by atoms with Gasteiger partial charge in [-0.05, 0) is 18.2 Å². The molecular formula is C13H10FNO3. The lowest BCUT2D eigenvalue weighted by Crippen LogP contribution is -2.06. The van der Waals surface area contributed by atoms with E-state index in [0.717, 1.165) is 11.6 Å². The number of hydrogen-bond acceptors (Lipinski definition) is 3. The fourth-order valence-electron chi connectivity index (χ4n) is 1.48. The van der Waals surface area contributed by atoms with Gasteiger partial charge in [0.05, 0.1) is 0 Å². The standard InChI is InChI=1S/C13H10FNO3/c14-10-4-1-5-11(12(10)13(16)17)18-8-9-3-2-6-15-7-9/h1-7H,8H2,(H,16,17).